The Morgan fingerprint density at radius 2 is 1.87 bits per heavy atom. The monoisotopic (exact) mass is 423 g/mol. The maximum atomic E-state index is 12.6. The molecule has 0 saturated carbocycles. The van der Waals surface area contributed by atoms with E-state index in [0.29, 0.717) is 30.8 Å². The lowest BCUT2D eigenvalue weighted by atomic mass is 9.90. The van der Waals surface area contributed by atoms with E-state index in [1.807, 2.05) is 11.0 Å². The Kier molecular flexibility index (Phi) is 6.16. The second-order valence-corrected chi connectivity index (χ2v) is 8.05. The fourth-order valence-corrected chi connectivity index (χ4v) is 4.26. The van der Waals surface area contributed by atoms with Crippen LogP contribution in [0.25, 0.3) is 11.1 Å². The van der Waals surface area contributed by atoms with Crippen LogP contribution in [0.5, 0.6) is 0 Å². The lowest BCUT2D eigenvalue weighted by molar-refractivity contribution is -0.384. The minimum absolute atomic E-state index is 0.106. The van der Waals surface area contributed by atoms with E-state index in [0.717, 1.165) is 32.4 Å². The SMILES string of the molecule is O=C(CCCn1c(=O)oc2cc([N+](=O)[O-])ccc21)N1CCC(Cc2ccccc2)CC1. The molecule has 8 nitrogen and oxygen atoms in total. The van der Waals surface area contributed by atoms with E-state index in [9.17, 15) is 19.7 Å². The third-order valence-corrected chi connectivity index (χ3v) is 5.97. The van der Waals surface area contributed by atoms with Gasteiger partial charge in [0.2, 0.25) is 5.91 Å². The molecule has 0 bridgehead atoms. The Morgan fingerprint density at radius 1 is 1.13 bits per heavy atom. The van der Waals surface area contributed by atoms with Gasteiger partial charge in [0.15, 0.2) is 5.58 Å². The number of rotatable bonds is 7. The van der Waals surface area contributed by atoms with E-state index < -0.39 is 10.7 Å². The largest absolute Gasteiger partial charge is 0.419 e. The van der Waals surface area contributed by atoms with Crippen molar-refractivity contribution in [1.82, 2.24) is 9.47 Å². The van der Waals surface area contributed by atoms with Crippen molar-refractivity contribution in [2.75, 3.05) is 13.1 Å². The molecule has 4 rings (SSSR count). The van der Waals surface area contributed by atoms with Crippen LogP contribution in [0, 0.1) is 16.0 Å². The minimum Gasteiger partial charge on any atom is -0.407 e. The number of oxazole rings is 1. The molecule has 0 spiro atoms. The van der Waals surface area contributed by atoms with Gasteiger partial charge in [-0.05, 0) is 43.2 Å². The first-order valence-corrected chi connectivity index (χ1v) is 10.6. The Morgan fingerprint density at radius 3 is 2.58 bits per heavy atom. The summed E-state index contributed by atoms with van der Waals surface area (Å²) in [7, 11) is 0. The van der Waals surface area contributed by atoms with Crippen molar-refractivity contribution < 1.29 is 14.1 Å². The lowest BCUT2D eigenvalue weighted by Gasteiger charge is -2.32. The molecule has 1 fully saturated rings. The molecule has 0 atom stereocenters. The average molecular weight is 423 g/mol. The highest BCUT2D eigenvalue weighted by atomic mass is 16.6. The van der Waals surface area contributed by atoms with Crippen molar-refractivity contribution in [3.63, 3.8) is 0 Å². The third-order valence-electron chi connectivity index (χ3n) is 5.97. The smallest absolute Gasteiger partial charge is 0.407 e. The van der Waals surface area contributed by atoms with Gasteiger partial charge in [0.05, 0.1) is 16.5 Å². The van der Waals surface area contributed by atoms with Crippen LogP contribution in [-0.4, -0.2) is 33.4 Å². The van der Waals surface area contributed by atoms with Crippen molar-refractivity contribution >= 4 is 22.7 Å². The first-order valence-electron chi connectivity index (χ1n) is 10.6. The number of aryl methyl sites for hydroxylation is 1. The highest BCUT2D eigenvalue weighted by molar-refractivity contribution is 5.77. The quantitative estimate of drug-likeness (QED) is 0.426. The summed E-state index contributed by atoms with van der Waals surface area (Å²) in [5.74, 6) is 0.144. The standard InChI is InChI=1S/C23H25N3O5/c27-22(24-13-10-18(11-14-24)15-17-5-2-1-3-6-17)7-4-12-25-20-9-8-19(26(29)30)16-21(20)31-23(25)28/h1-3,5-6,8-9,16,18H,4,7,10-15H2. The summed E-state index contributed by atoms with van der Waals surface area (Å²) >= 11 is 0. The van der Waals surface area contributed by atoms with Gasteiger partial charge in [-0.25, -0.2) is 4.79 Å². The van der Waals surface area contributed by atoms with Gasteiger partial charge in [-0.2, -0.15) is 0 Å². The summed E-state index contributed by atoms with van der Waals surface area (Å²) in [6.07, 6.45) is 3.93. The molecule has 0 aliphatic carbocycles. The van der Waals surface area contributed by atoms with Crippen LogP contribution >= 0.6 is 0 Å². The number of nitro benzene ring substituents is 1. The normalized spacial score (nSPS) is 14.8. The molecule has 1 saturated heterocycles. The van der Waals surface area contributed by atoms with Crippen molar-refractivity contribution in [2.45, 2.75) is 38.6 Å². The van der Waals surface area contributed by atoms with Crippen LogP contribution in [-0.2, 0) is 17.8 Å². The summed E-state index contributed by atoms with van der Waals surface area (Å²) in [4.78, 5) is 37.0. The first kappa shape index (κ1) is 20.8. The zero-order valence-corrected chi connectivity index (χ0v) is 17.2. The number of nitrogens with zero attached hydrogens (tertiary/aromatic N) is 3. The molecule has 1 aliphatic rings. The number of non-ortho nitro benzene ring substituents is 1. The Bertz CT molecular complexity index is 1130. The van der Waals surface area contributed by atoms with Gasteiger partial charge >= 0.3 is 5.76 Å². The highest BCUT2D eigenvalue weighted by Gasteiger charge is 2.23. The van der Waals surface area contributed by atoms with E-state index in [-0.39, 0.29) is 17.2 Å². The maximum Gasteiger partial charge on any atom is 0.419 e. The molecule has 0 radical (unpaired) electrons. The number of carbonyl (C=O) groups excluding carboxylic acids is 1. The average Bonchev–Trinajstić information content (AvgIpc) is 3.09. The van der Waals surface area contributed by atoms with Crippen LogP contribution in [0.2, 0.25) is 0 Å². The molecule has 0 unspecified atom stereocenters. The molecule has 0 N–H and O–H groups in total. The minimum atomic E-state index is -0.565. The Balaban J connectivity index is 1.27. The highest BCUT2D eigenvalue weighted by Crippen LogP contribution is 2.23. The zero-order chi connectivity index (χ0) is 21.8. The summed E-state index contributed by atoms with van der Waals surface area (Å²) < 4.78 is 6.56. The summed E-state index contributed by atoms with van der Waals surface area (Å²) in [6.45, 7) is 1.88. The van der Waals surface area contributed by atoms with E-state index in [2.05, 4.69) is 24.3 Å². The molecule has 8 heteroatoms. The molecule has 162 valence electrons. The number of likely N-dealkylation sites (tertiary alicyclic amines) is 1. The molecule has 31 heavy (non-hydrogen) atoms. The van der Waals surface area contributed by atoms with Gasteiger partial charge in [0.1, 0.15) is 0 Å². The van der Waals surface area contributed by atoms with Gasteiger partial charge in [-0.3, -0.25) is 19.5 Å². The molecule has 1 aromatic heterocycles. The van der Waals surface area contributed by atoms with Crippen LogP contribution in [0.4, 0.5) is 5.69 Å². The van der Waals surface area contributed by atoms with Crippen molar-refractivity contribution in [2.24, 2.45) is 5.92 Å². The summed E-state index contributed by atoms with van der Waals surface area (Å²) in [6, 6.07) is 14.5. The second-order valence-electron chi connectivity index (χ2n) is 8.05. The number of nitro groups is 1. The van der Waals surface area contributed by atoms with Crippen LogP contribution < -0.4 is 5.76 Å². The predicted octanol–water partition coefficient (Wildman–Crippen LogP) is 3.76. The zero-order valence-electron chi connectivity index (χ0n) is 17.2. The van der Waals surface area contributed by atoms with Crippen LogP contribution in [0.3, 0.4) is 0 Å². The Labute approximate surface area is 179 Å². The molecule has 1 amide bonds. The van der Waals surface area contributed by atoms with Crippen molar-refractivity contribution in [1.29, 1.82) is 0 Å². The topological polar surface area (TPSA) is 98.6 Å². The number of hydrogen-bond acceptors (Lipinski definition) is 5. The third kappa shape index (κ3) is 4.84. The number of aromatic nitrogens is 1. The van der Waals surface area contributed by atoms with E-state index in [4.69, 9.17) is 4.42 Å². The van der Waals surface area contributed by atoms with Gasteiger partial charge in [-0.15, -0.1) is 0 Å². The molecule has 1 aliphatic heterocycles. The molecule has 2 heterocycles. The van der Waals surface area contributed by atoms with E-state index in [1.165, 1.54) is 28.3 Å². The van der Waals surface area contributed by atoms with Gasteiger partial charge < -0.3 is 9.32 Å². The number of hydrogen-bond donors (Lipinski definition) is 0. The Hall–Kier alpha value is -3.42. The molecular weight excluding hydrogens is 398 g/mol. The van der Waals surface area contributed by atoms with Gasteiger partial charge in [-0.1, -0.05) is 30.3 Å². The van der Waals surface area contributed by atoms with Crippen LogP contribution in [0.15, 0.2) is 57.7 Å². The maximum absolute atomic E-state index is 12.6. The van der Waals surface area contributed by atoms with Crippen LogP contribution in [0.1, 0.15) is 31.2 Å². The van der Waals surface area contributed by atoms with Crippen molar-refractivity contribution in [3.05, 3.63) is 74.8 Å². The van der Waals surface area contributed by atoms with Gasteiger partial charge in [0, 0.05) is 32.1 Å². The second kappa shape index (κ2) is 9.16. The fourth-order valence-electron chi connectivity index (χ4n) is 4.26. The summed E-state index contributed by atoms with van der Waals surface area (Å²) in [5.41, 5.74) is 1.91. The number of benzene rings is 2. The predicted molar refractivity (Wildman–Crippen MR) is 116 cm³/mol. The summed E-state index contributed by atoms with van der Waals surface area (Å²) in [5, 5.41) is 10.9. The molecular formula is C23H25N3O5. The number of piperidine rings is 1. The van der Waals surface area contributed by atoms with E-state index in [1.54, 1.807) is 0 Å². The van der Waals surface area contributed by atoms with E-state index >= 15 is 0 Å². The fraction of sp³-hybridized carbons (Fsp3) is 0.391. The van der Waals surface area contributed by atoms with Crippen molar-refractivity contribution in [3.8, 4) is 0 Å². The first-order chi connectivity index (χ1) is 15.0. The number of carbonyl (C=O) groups is 1. The molecule has 3 aromatic rings. The number of amides is 1. The molecule has 2 aromatic carbocycles. The van der Waals surface area contributed by atoms with Gasteiger partial charge in [0.25, 0.3) is 5.69 Å². The lowest BCUT2D eigenvalue weighted by Crippen LogP contribution is -2.38. The number of fused-ring (bicyclic) bond motifs is 1.